The van der Waals surface area contributed by atoms with Gasteiger partial charge in [-0.15, -0.1) is 0 Å². The van der Waals surface area contributed by atoms with Crippen molar-refractivity contribution in [3.8, 4) is 11.5 Å². The average molecular weight is 440 g/mol. The number of carboxylic acids is 1. The van der Waals surface area contributed by atoms with E-state index >= 15 is 0 Å². The lowest BCUT2D eigenvalue weighted by Crippen LogP contribution is -2.43. The zero-order valence-electron chi connectivity index (χ0n) is 18.8. The molecule has 2 heterocycles. The number of methoxy groups -OCH3 is 2. The van der Waals surface area contributed by atoms with Gasteiger partial charge in [-0.1, -0.05) is 19.8 Å². The van der Waals surface area contributed by atoms with Crippen LogP contribution in [0.3, 0.4) is 0 Å². The molecule has 0 amide bonds. The van der Waals surface area contributed by atoms with Gasteiger partial charge in [0.05, 0.1) is 19.7 Å². The molecule has 0 saturated carbocycles. The molecule has 0 aliphatic rings. The third-order valence-corrected chi connectivity index (χ3v) is 5.28. The van der Waals surface area contributed by atoms with Gasteiger partial charge in [-0.25, -0.2) is 9.78 Å². The Morgan fingerprint density at radius 3 is 2.69 bits per heavy atom. The van der Waals surface area contributed by atoms with Crippen LogP contribution in [0.4, 0.5) is 11.8 Å². The molecule has 0 aliphatic heterocycles. The van der Waals surface area contributed by atoms with Crippen LogP contribution < -0.4 is 20.1 Å². The summed E-state index contributed by atoms with van der Waals surface area (Å²) < 4.78 is 10.7. The molecule has 9 nitrogen and oxygen atoms in total. The number of hydrogen-bond donors (Lipinski definition) is 3. The molecule has 1 atom stereocenters. The Labute approximate surface area is 187 Å². The molecule has 3 aromatic rings. The summed E-state index contributed by atoms with van der Waals surface area (Å²) in [5.74, 6) is 1.17. The second kappa shape index (κ2) is 10.1. The zero-order chi connectivity index (χ0) is 23.1. The van der Waals surface area contributed by atoms with E-state index in [1.165, 1.54) is 0 Å². The van der Waals surface area contributed by atoms with Gasteiger partial charge in [0.15, 0.2) is 5.82 Å². The molecule has 170 valence electrons. The first-order chi connectivity index (χ1) is 15.4. The van der Waals surface area contributed by atoms with E-state index in [4.69, 9.17) is 9.47 Å². The maximum absolute atomic E-state index is 12.0. The summed E-state index contributed by atoms with van der Waals surface area (Å²) in [7, 11) is 3.20. The zero-order valence-corrected chi connectivity index (χ0v) is 18.8. The van der Waals surface area contributed by atoms with Crippen LogP contribution in [0.15, 0.2) is 36.5 Å². The number of aromatic nitrogens is 3. The highest BCUT2D eigenvalue weighted by Gasteiger charge is 2.33. The van der Waals surface area contributed by atoms with Crippen molar-refractivity contribution in [2.24, 2.45) is 0 Å². The molecule has 3 N–H and O–H groups in total. The van der Waals surface area contributed by atoms with Gasteiger partial charge >= 0.3 is 5.97 Å². The van der Waals surface area contributed by atoms with E-state index < -0.39 is 11.5 Å². The average Bonchev–Trinajstić information content (AvgIpc) is 2.81. The third-order valence-electron chi connectivity index (χ3n) is 5.28. The van der Waals surface area contributed by atoms with Crippen LogP contribution >= 0.6 is 0 Å². The van der Waals surface area contributed by atoms with Crippen LogP contribution in [0.2, 0.25) is 0 Å². The number of carboxylic acid groups (broad SMARTS) is 1. The molecule has 0 fully saturated rings. The van der Waals surface area contributed by atoms with E-state index in [-0.39, 0.29) is 0 Å². The van der Waals surface area contributed by atoms with Crippen LogP contribution in [-0.4, -0.2) is 45.8 Å². The number of aliphatic carboxylic acids is 1. The topological polar surface area (TPSA) is 118 Å². The number of rotatable bonds is 11. The Balaban J connectivity index is 1.92. The van der Waals surface area contributed by atoms with Crippen molar-refractivity contribution in [3.63, 3.8) is 0 Å². The van der Waals surface area contributed by atoms with Crippen molar-refractivity contribution in [1.82, 2.24) is 15.0 Å². The maximum Gasteiger partial charge on any atom is 0.329 e. The third kappa shape index (κ3) is 5.16. The minimum absolute atomic E-state index is 0.356. The van der Waals surface area contributed by atoms with Crippen molar-refractivity contribution < 1.29 is 19.4 Å². The number of nitrogens with one attached hydrogen (secondary N) is 2. The summed E-state index contributed by atoms with van der Waals surface area (Å²) in [6.07, 6.45) is 3.76. The summed E-state index contributed by atoms with van der Waals surface area (Å²) >= 11 is 0. The van der Waals surface area contributed by atoms with Crippen LogP contribution in [0.1, 0.15) is 38.7 Å². The van der Waals surface area contributed by atoms with E-state index in [1.807, 2.05) is 25.1 Å². The summed E-state index contributed by atoms with van der Waals surface area (Å²) in [4.78, 5) is 25.5. The van der Waals surface area contributed by atoms with Gasteiger partial charge in [0.25, 0.3) is 0 Å². The van der Waals surface area contributed by atoms with Crippen LogP contribution in [-0.2, 0) is 11.3 Å². The number of benzene rings is 1. The molecule has 32 heavy (non-hydrogen) atoms. The van der Waals surface area contributed by atoms with E-state index in [2.05, 4.69) is 25.6 Å². The van der Waals surface area contributed by atoms with Gasteiger partial charge in [0.1, 0.15) is 22.6 Å². The maximum atomic E-state index is 12.0. The fraction of sp³-hybridized carbons (Fsp3) is 0.391. The second-order valence-corrected chi connectivity index (χ2v) is 7.66. The number of hydrogen-bond acceptors (Lipinski definition) is 8. The standard InChI is InChI=1S/C23H29N5O4/c1-5-6-11-23(2,21(29)30)28-20-19-17(8-7-12-24-19)26-22(27-20)25-14-15-9-10-16(31-3)13-18(15)32-4/h7-10,12-13H,5-6,11,14H2,1-4H3,(H,29,30)(H2,25,26,27,28). The second-order valence-electron chi connectivity index (χ2n) is 7.66. The van der Waals surface area contributed by atoms with Crippen LogP contribution in [0, 0.1) is 0 Å². The lowest BCUT2D eigenvalue weighted by molar-refractivity contribution is -0.142. The lowest BCUT2D eigenvalue weighted by Gasteiger charge is -2.27. The normalized spacial score (nSPS) is 12.8. The largest absolute Gasteiger partial charge is 0.497 e. The molecule has 0 spiro atoms. The molecule has 9 heteroatoms. The molecule has 1 unspecified atom stereocenters. The first-order valence-corrected chi connectivity index (χ1v) is 10.5. The molecular formula is C23H29N5O4. The van der Waals surface area contributed by atoms with E-state index in [0.29, 0.717) is 47.3 Å². The minimum Gasteiger partial charge on any atom is -0.497 e. The smallest absolute Gasteiger partial charge is 0.329 e. The van der Waals surface area contributed by atoms with E-state index in [1.54, 1.807) is 39.5 Å². The van der Waals surface area contributed by atoms with E-state index in [9.17, 15) is 9.90 Å². The number of pyridine rings is 1. The lowest BCUT2D eigenvalue weighted by atomic mass is 9.95. The molecule has 0 saturated heterocycles. The molecule has 2 aromatic heterocycles. The molecule has 0 aliphatic carbocycles. The molecule has 0 radical (unpaired) electrons. The highest BCUT2D eigenvalue weighted by Crippen LogP contribution is 2.28. The summed E-state index contributed by atoms with van der Waals surface area (Å²) in [5.41, 5.74) is 0.850. The quantitative estimate of drug-likeness (QED) is 0.406. The monoisotopic (exact) mass is 439 g/mol. The molecule has 1 aromatic carbocycles. The Morgan fingerprint density at radius 2 is 2.00 bits per heavy atom. The van der Waals surface area contributed by atoms with Gasteiger partial charge < -0.3 is 25.2 Å². The van der Waals surface area contributed by atoms with Gasteiger partial charge in [0, 0.05) is 24.4 Å². The summed E-state index contributed by atoms with van der Waals surface area (Å²) in [6.45, 7) is 4.10. The van der Waals surface area contributed by atoms with Crippen molar-refractivity contribution in [2.45, 2.75) is 45.2 Å². The highest BCUT2D eigenvalue weighted by molar-refractivity contribution is 5.90. The van der Waals surface area contributed by atoms with Gasteiger partial charge in [-0.05, 0) is 37.6 Å². The fourth-order valence-corrected chi connectivity index (χ4v) is 3.32. The first kappa shape index (κ1) is 23.1. The Hall–Kier alpha value is -3.62. The SMILES string of the molecule is CCCCC(C)(Nc1nc(NCc2ccc(OC)cc2OC)nc2cccnc12)C(=O)O. The van der Waals surface area contributed by atoms with Crippen molar-refractivity contribution in [3.05, 3.63) is 42.1 Å². The molecular weight excluding hydrogens is 410 g/mol. The van der Waals surface area contributed by atoms with Crippen molar-refractivity contribution in [2.75, 3.05) is 24.9 Å². The van der Waals surface area contributed by atoms with Crippen LogP contribution in [0.25, 0.3) is 11.0 Å². The van der Waals surface area contributed by atoms with Crippen molar-refractivity contribution >= 4 is 28.8 Å². The number of ether oxygens (including phenoxy) is 2. The van der Waals surface area contributed by atoms with Gasteiger partial charge in [-0.3, -0.25) is 4.98 Å². The number of carbonyl (C=O) groups is 1. The van der Waals surface area contributed by atoms with Gasteiger partial charge in [-0.2, -0.15) is 4.98 Å². The predicted molar refractivity (Wildman–Crippen MR) is 123 cm³/mol. The number of fused-ring (bicyclic) bond motifs is 1. The van der Waals surface area contributed by atoms with Gasteiger partial charge in [0.2, 0.25) is 5.95 Å². The molecule has 0 bridgehead atoms. The summed E-state index contributed by atoms with van der Waals surface area (Å²) in [5, 5.41) is 16.2. The number of anilines is 2. The summed E-state index contributed by atoms with van der Waals surface area (Å²) in [6, 6.07) is 9.16. The Kier molecular flexibility index (Phi) is 7.29. The fourth-order valence-electron chi connectivity index (χ4n) is 3.32. The van der Waals surface area contributed by atoms with E-state index in [0.717, 1.165) is 18.4 Å². The molecule has 3 rings (SSSR count). The number of nitrogens with zero attached hydrogens (tertiary/aromatic N) is 3. The van der Waals surface area contributed by atoms with Crippen molar-refractivity contribution in [1.29, 1.82) is 0 Å². The Bertz CT molecular complexity index is 1090. The predicted octanol–water partition coefficient (Wildman–Crippen LogP) is 4.10. The minimum atomic E-state index is -1.18. The Morgan fingerprint density at radius 1 is 1.19 bits per heavy atom. The first-order valence-electron chi connectivity index (χ1n) is 10.5. The number of unbranched alkanes of at least 4 members (excludes halogenated alkanes) is 1. The highest BCUT2D eigenvalue weighted by atomic mass is 16.5. The van der Waals surface area contributed by atoms with Crippen LogP contribution in [0.5, 0.6) is 11.5 Å².